The van der Waals surface area contributed by atoms with Crippen molar-refractivity contribution < 1.29 is 8.42 Å². The van der Waals surface area contributed by atoms with E-state index in [1.807, 2.05) is 24.3 Å². The number of nitrogens with one attached hydrogen (secondary N) is 1. The lowest BCUT2D eigenvalue weighted by Crippen LogP contribution is -2.13. The van der Waals surface area contributed by atoms with Gasteiger partial charge in [-0.2, -0.15) is 10.1 Å². The van der Waals surface area contributed by atoms with Crippen LogP contribution < -0.4 is 5.14 Å². The summed E-state index contributed by atoms with van der Waals surface area (Å²) < 4.78 is 22.1. The van der Waals surface area contributed by atoms with Crippen molar-refractivity contribution in [3.63, 3.8) is 0 Å². The highest BCUT2D eigenvalue weighted by atomic mass is 32.2. The lowest BCUT2D eigenvalue weighted by Gasteiger charge is -2.04. The van der Waals surface area contributed by atoms with Crippen LogP contribution in [0.2, 0.25) is 0 Å². The van der Waals surface area contributed by atoms with Crippen LogP contribution in [0.5, 0.6) is 0 Å². The highest BCUT2D eigenvalue weighted by Crippen LogP contribution is 2.20. The maximum Gasteiger partial charge on any atom is 0.273 e. The third-order valence-electron chi connectivity index (χ3n) is 2.57. The maximum atomic E-state index is 11.1. The second-order valence-electron chi connectivity index (χ2n) is 4.29. The molecule has 0 bridgehead atoms. The van der Waals surface area contributed by atoms with E-state index in [0.29, 0.717) is 11.7 Å². The summed E-state index contributed by atoms with van der Waals surface area (Å²) in [7, 11) is -3.84. The Hall–Kier alpha value is -1.73. The molecule has 0 unspecified atom stereocenters. The molecule has 0 fully saturated rings. The highest BCUT2D eigenvalue weighted by molar-refractivity contribution is 7.89. The van der Waals surface area contributed by atoms with Crippen LogP contribution in [0.1, 0.15) is 25.3 Å². The monoisotopic (exact) mass is 266 g/mol. The first-order valence-corrected chi connectivity index (χ1v) is 6.98. The number of H-pyrrole nitrogens is 1. The maximum absolute atomic E-state index is 11.1. The third-order valence-corrected chi connectivity index (χ3v) is 3.29. The molecule has 0 aliphatic rings. The van der Waals surface area contributed by atoms with Crippen molar-refractivity contribution in [2.45, 2.75) is 24.9 Å². The Morgan fingerprint density at radius 1 is 1.22 bits per heavy atom. The van der Waals surface area contributed by atoms with Crippen LogP contribution in [0.15, 0.2) is 29.4 Å². The van der Waals surface area contributed by atoms with E-state index in [-0.39, 0.29) is 5.16 Å². The van der Waals surface area contributed by atoms with Gasteiger partial charge in [-0.25, -0.2) is 18.7 Å². The number of aromatic amines is 1. The zero-order chi connectivity index (χ0) is 13.3. The second-order valence-corrected chi connectivity index (χ2v) is 5.76. The van der Waals surface area contributed by atoms with Gasteiger partial charge in [0.2, 0.25) is 0 Å². The largest absolute Gasteiger partial charge is 0.273 e. The number of hydrogen-bond donors (Lipinski definition) is 2. The van der Waals surface area contributed by atoms with Crippen LogP contribution >= 0.6 is 0 Å². The average Bonchev–Trinajstić information content (AvgIpc) is 2.78. The van der Waals surface area contributed by atoms with Crippen molar-refractivity contribution in [1.29, 1.82) is 0 Å². The first kappa shape index (κ1) is 12.7. The molecule has 7 heteroatoms. The Bertz CT molecular complexity index is 644. The molecule has 0 amide bonds. The summed E-state index contributed by atoms with van der Waals surface area (Å²) in [5.74, 6) is 0.750. The summed E-state index contributed by atoms with van der Waals surface area (Å²) in [4.78, 5) is 3.85. The summed E-state index contributed by atoms with van der Waals surface area (Å²) >= 11 is 0. The predicted molar refractivity (Wildman–Crippen MR) is 67.3 cm³/mol. The van der Waals surface area contributed by atoms with E-state index in [1.165, 1.54) is 5.56 Å². The molecule has 18 heavy (non-hydrogen) atoms. The standard InChI is InChI=1S/C11H14N4O2S/c1-7(2)8-3-5-9(6-4-8)10-13-11(15-14-10)18(12,16)17/h3-7H,1-2H3,(H2,12,16,17)(H,13,14,15). The van der Waals surface area contributed by atoms with Gasteiger partial charge in [0.05, 0.1) is 0 Å². The first-order chi connectivity index (χ1) is 8.38. The minimum atomic E-state index is -3.84. The Labute approximate surface area is 105 Å². The molecule has 2 aromatic rings. The Kier molecular flexibility index (Phi) is 3.18. The van der Waals surface area contributed by atoms with Crippen LogP contribution in [-0.4, -0.2) is 23.6 Å². The third kappa shape index (κ3) is 2.57. The highest BCUT2D eigenvalue weighted by Gasteiger charge is 2.14. The zero-order valence-corrected chi connectivity index (χ0v) is 10.9. The minimum Gasteiger partial charge on any atom is -0.248 e. The molecule has 1 heterocycles. The predicted octanol–water partition coefficient (Wildman–Crippen LogP) is 1.24. The first-order valence-electron chi connectivity index (χ1n) is 5.43. The van der Waals surface area contributed by atoms with Gasteiger partial charge in [-0.3, -0.25) is 0 Å². The molecule has 2 rings (SSSR count). The zero-order valence-electron chi connectivity index (χ0n) is 10.1. The average molecular weight is 266 g/mol. The molecular formula is C11H14N4O2S. The Balaban J connectivity index is 2.35. The SMILES string of the molecule is CC(C)c1ccc(-c2n[nH]c(S(N)(=O)=O)n2)cc1. The molecule has 0 atom stereocenters. The molecule has 0 spiro atoms. The van der Waals surface area contributed by atoms with Crippen molar-refractivity contribution in [2.24, 2.45) is 5.14 Å². The molecule has 6 nitrogen and oxygen atoms in total. The molecule has 0 aliphatic carbocycles. The number of primary sulfonamides is 1. The van der Waals surface area contributed by atoms with Gasteiger partial charge in [-0.1, -0.05) is 38.1 Å². The van der Waals surface area contributed by atoms with Gasteiger partial charge < -0.3 is 0 Å². The molecule has 0 aliphatic heterocycles. The smallest absolute Gasteiger partial charge is 0.248 e. The van der Waals surface area contributed by atoms with Gasteiger partial charge in [-0.15, -0.1) is 0 Å². The molecular weight excluding hydrogens is 252 g/mol. The normalized spacial score (nSPS) is 12.0. The number of hydrogen-bond acceptors (Lipinski definition) is 4. The van der Waals surface area contributed by atoms with Crippen LogP contribution in [0.4, 0.5) is 0 Å². The lowest BCUT2D eigenvalue weighted by atomic mass is 10.0. The fourth-order valence-corrected chi connectivity index (χ4v) is 1.91. The number of nitrogens with zero attached hydrogens (tertiary/aromatic N) is 2. The van der Waals surface area contributed by atoms with Crippen molar-refractivity contribution in [3.05, 3.63) is 29.8 Å². The summed E-state index contributed by atoms with van der Waals surface area (Å²) in [6.45, 7) is 4.20. The molecule has 96 valence electrons. The topological polar surface area (TPSA) is 102 Å². The van der Waals surface area contributed by atoms with E-state index in [9.17, 15) is 8.42 Å². The quantitative estimate of drug-likeness (QED) is 0.872. The summed E-state index contributed by atoms with van der Waals surface area (Å²) in [5, 5.41) is 10.8. The van der Waals surface area contributed by atoms with E-state index >= 15 is 0 Å². The van der Waals surface area contributed by atoms with Gasteiger partial charge in [-0.05, 0) is 11.5 Å². The number of sulfonamides is 1. The molecule has 0 radical (unpaired) electrons. The molecule has 1 aromatic heterocycles. The number of nitrogens with two attached hydrogens (primary N) is 1. The number of benzene rings is 1. The van der Waals surface area contributed by atoms with Crippen LogP contribution in [0.3, 0.4) is 0 Å². The van der Waals surface area contributed by atoms with Gasteiger partial charge in [0.15, 0.2) is 5.82 Å². The van der Waals surface area contributed by atoms with Crippen molar-refractivity contribution in [2.75, 3.05) is 0 Å². The summed E-state index contributed by atoms with van der Waals surface area (Å²) in [6, 6.07) is 7.64. The summed E-state index contributed by atoms with van der Waals surface area (Å²) in [5.41, 5.74) is 1.94. The minimum absolute atomic E-state index is 0.314. The van der Waals surface area contributed by atoms with Crippen LogP contribution in [0, 0.1) is 0 Å². The number of rotatable bonds is 3. The van der Waals surface area contributed by atoms with Gasteiger partial charge in [0, 0.05) is 5.56 Å². The van der Waals surface area contributed by atoms with Crippen molar-refractivity contribution in [3.8, 4) is 11.4 Å². The molecule has 0 saturated heterocycles. The Morgan fingerprint density at radius 3 is 2.28 bits per heavy atom. The lowest BCUT2D eigenvalue weighted by molar-refractivity contribution is 0.589. The fraction of sp³-hybridized carbons (Fsp3) is 0.273. The van der Waals surface area contributed by atoms with Crippen molar-refractivity contribution >= 4 is 10.0 Å². The molecule has 0 saturated carbocycles. The van der Waals surface area contributed by atoms with Gasteiger partial charge in [0.1, 0.15) is 0 Å². The molecule has 1 aromatic carbocycles. The van der Waals surface area contributed by atoms with Gasteiger partial charge in [0.25, 0.3) is 15.2 Å². The summed E-state index contributed by atoms with van der Waals surface area (Å²) in [6.07, 6.45) is 0. The van der Waals surface area contributed by atoms with E-state index in [1.54, 1.807) is 0 Å². The number of aromatic nitrogens is 3. The van der Waals surface area contributed by atoms with Gasteiger partial charge >= 0.3 is 0 Å². The fourth-order valence-electron chi connectivity index (χ4n) is 1.52. The second kappa shape index (κ2) is 4.51. The van der Waals surface area contributed by atoms with Crippen LogP contribution in [-0.2, 0) is 10.0 Å². The van der Waals surface area contributed by atoms with E-state index < -0.39 is 10.0 Å². The van der Waals surface area contributed by atoms with E-state index in [4.69, 9.17) is 5.14 Å². The Morgan fingerprint density at radius 2 is 1.83 bits per heavy atom. The molecule has 3 N–H and O–H groups in total. The van der Waals surface area contributed by atoms with Crippen LogP contribution in [0.25, 0.3) is 11.4 Å². The van der Waals surface area contributed by atoms with E-state index in [0.717, 1.165) is 5.56 Å². The van der Waals surface area contributed by atoms with E-state index in [2.05, 4.69) is 29.0 Å². The van der Waals surface area contributed by atoms with Crippen molar-refractivity contribution in [1.82, 2.24) is 15.2 Å².